The average Bonchev–Trinajstić information content (AvgIpc) is 3.27. The zero-order valence-electron chi connectivity index (χ0n) is 19.6. The number of epoxide rings is 1. The highest BCUT2D eigenvalue weighted by Crippen LogP contribution is 2.66. The fourth-order valence-corrected chi connectivity index (χ4v) is 4.66. The summed E-state index contributed by atoms with van der Waals surface area (Å²) in [5.74, 6) is 0. The SMILES string of the molecule is CC(=C/C=C/C=C(C)/C=C/C=C(C)/C=C/C12OC1(C)CC(O)CC2(C)C)CCCO. The third kappa shape index (κ3) is 5.94. The van der Waals surface area contributed by atoms with Crippen molar-refractivity contribution in [2.75, 3.05) is 6.61 Å². The largest absolute Gasteiger partial charge is 0.396 e. The molecule has 2 fully saturated rings. The van der Waals surface area contributed by atoms with E-state index in [1.165, 1.54) is 16.7 Å². The van der Waals surface area contributed by atoms with E-state index in [0.29, 0.717) is 6.42 Å². The maximum Gasteiger partial charge on any atom is 0.121 e. The minimum Gasteiger partial charge on any atom is -0.396 e. The van der Waals surface area contributed by atoms with Gasteiger partial charge >= 0.3 is 0 Å². The molecule has 0 aromatic rings. The lowest BCUT2D eigenvalue weighted by atomic mass is 9.63. The van der Waals surface area contributed by atoms with Crippen molar-refractivity contribution in [1.82, 2.24) is 0 Å². The van der Waals surface area contributed by atoms with Crippen molar-refractivity contribution in [3.8, 4) is 0 Å². The summed E-state index contributed by atoms with van der Waals surface area (Å²) in [5, 5.41) is 19.0. The molecule has 2 N–H and O–H groups in total. The summed E-state index contributed by atoms with van der Waals surface area (Å²) in [4.78, 5) is 0. The third-order valence-electron chi connectivity index (χ3n) is 6.39. The van der Waals surface area contributed by atoms with Crippen molar-refractivity contribution in [3.63, 3.8) is 0 Å². The Labute approximate surface area is 183 Å². The van der Waals surface area contributed by atoms with Crippen LogP contribution in [0.5, 0.6) is 0 Å². The molecule has 1 saturated carbocycles. The highest BCUT2D eigenvalue weighted by Gasteiger charge is 2.74. The van der Waals surface area contributed by atoms with Gasteiger partial charge in [0.1, 0.15) is 11.2 Å². The lowest BCUT2D eigenvalue weighted by molar-refractivity contribution is 0.0515. The molecule has 1 aliphatic carbocycles. The van der Waals surface area contributed by atoms with Gasteiger partial charge in [0.25, 0.3) is 0 Å². The first-order valence-corrected chi connectivity index (χ1v) is 11.1. The summed E-state index contributed by atoms with van der Waals surface area (Å²) < 4.78 is 6.20. The fraction of sp³-hybridized carbons (Fsp3) is 0.556. The predicted molar refractivity (Wildman–Crippen MR) is 126 cm³/mol. The van der Waals surface area contributed by atoms with Gasteiger partial charge in [-0.25, -0.2) is 0 Å². The molecule has 2 rings (SSSR count). The fourth-order valence-electron chi connectivity index (χ4n) is 4.66. The van der Waals surface area contributed by atoms with Crippen molar-refractivity contribution in [1.29, 1.82) is 0 Å². The van der Waals surface area contributed by atoms with Crippen molar-refractivity contribution < 1.29 is 14.9 Å². The summed E-state index contributed by atoms with van der Waals surface area (Å²) in [6.45, 7) is 13.0. The molecule has 1 saturated heterocycles. The summed E-state index contributed by atoms with van der Waals surface area (Å²) in [5.41, 5.74) is 3.02. The monoisotopic (exact) mass is 412 g/mol. The molecule has 3 nitrogen and oxygen atoms in total. The van der Waals surface area contributed by atoms with Gasteiger partial charge in [-0.2, -0.15) is 0 Å². The van der Waals surface area contributed by atoms with Gasteiger partial charge in [-0.15, -0.1) is 0 Å². The van der Waals surface area contributed by atoms with Crippen LogP contribution in [0.3, 0.4) is 0 Å². The molecule has 0 spiro atoms. The van der Waals surface area contributed by atoms with Crippen LogP contribution < -0.4 is 0 Å². The standard InChI is InChI=1S/C27H40O3/c1-21(11-7-8-12-22(2)15-10-18-28)13-9-14-23(3)16-17-27-25(4,5)19-24(29)20-26(27,6)30-27/h7-9,11-14,16-17,24,28-29H,10,15,18-20H2,1-6H3/b8-7+,13-9+,17-16+,21-11+,22-12?,23-14+. The van der Waals surface area contributed by atoms with E-state index in [1.54, 1.807) is 0 Å². The zero-order chi connectivity index (χ0) is 22.4. The van der Waals surface area contributed by atoms with Gasteiger partial charge in [0.15, 0.2) is 0 Å². The third-order valence-corrected chi connectivity index (χ3v) is 6.39. The summed E-state index contributed by atoms with van der Waals surface area (Å²) in [7, 11) is 0. The van der Waals surface area contributed by atoms with Gasteiger partial charge in [0, 0.05) is 18.4 Å². The Morgan fingerprint density at radius 1 is 0.933 bits per heavy atom. The summed E-state index contributed by atoms with van der Waals surface area (Å²) in [6.07, 6.45) is 21.8. The Morgan fingerprint density at radius 3 is 2.23 bits per heavy atom. The number of fused-ring (bicyclic) bond motifs is 1. The van der Waals surface area contributed by atoms with Crippen LogP contribution in [0, 0.1) is 5.41 Å². The molecule has 1 aliphatic heterocycles. The van der Waals surface area contributed by atoms with Crippen LogP contribution in [-0.4, -0.2) is 34.1 Å². The van der Waals surface area contributed by atoms with E-state index in [1.807, 2.05) is 12.2 Å². The Hall–Kier alpha value is -1.68. The molecule has 30 heavy (non-hydrogen) atoms. The van der Waals surface area contributed by atoms with E-state index in [9.17, 15) is 5.11 Å². The number of rotatable bonds is 9. The first kappa shape index (κ1) is 24.6. The Bertz CT molecular complexity index is 778. The van der Waals surface area contributed by atoms with Crippen LogP contribution in [0.15, 0.2) is 71.4 Å². The van der Waals surface area contributed by atoms with Crippen molar-refractivity contribution in [2.24, 2.45) is 5.41 Å². The Kier molecular flexibility index (Phi) is 8.27. The molecule has 1 heterocycles. The minimum absolute atomic E-state index is 0.0808. The van der Waals surface area contributed by atoms with Crippen LogP contribution in [0.25, 0.3) is 0 Å². The van der Waals surface area contributed by atoms with Gasteiger partial charge in [0.05, 0.1) is 6.10 Å². The molecule has 0 aromatic heterocycles. The van der Waals surface area contributed by atoms with Gasteiger partial charge < -0.3 is 14.9 Å². The molecular formula is C27H40O3. The van der Waals surface area contributed by atoms with Crippen molar-refractivity contribution in [2.45, 2.75) is 84.5 Å². The normalized spacial score (nSPS) is 32.4. The maximum absolute atomic E-state index is 10.2. The van der Waals surface area contributed by atoms with Crippen LogP contribution in [0.1, 0.15) is 67.2 Å². The number of aliphatic hydroxyl groups is 2. The molecule has 166 valence electrons. The van der Waals surface area contributed by atoms with Gasteiger partial charge in [0.2, 0.25) is 0 Å². The van der Waals surface area contributed by atoms with E-state index in [4.69, 9.17) is 9.84 Å². The van der Waals surface area contributed by atoms with Crippen LogP contribution in [0.4, 0.5) is 0 Å². The number of hydrogen-bond acceptors (Lipinski definition) is 3. The molecule has 0 bridgehead atoms. The van der Waals surface area contributed by atoms with Gasteiger partial charge in [-0.3, -0.25) is 0 Å². The molecule has 3 heteroatoms. The van der Waals surface area contributed by atoms with Gasteiger partial charge in [-0.05, 0) is 53.0 Å². The zero-order valence-corrected chi connectivity index (χ0v) is 19.6. The number of hydrogen-bond donors (Lipinski definition) is 2. The number of aliphatic hydroxyl groups excluding tert-OH is 2. The smallest absolute Gasteiger partial charge is 0.121 e. The topological polar surface area (TPSA) is 53.0 Å². The van der Waals surface area contributed by atoms with E-state index < -0.39 is 0 Å². The molecule has 0 radical (unpaired) electrons. The Balaban J connectivity index is 1.93. The lowest BCUT2D eigenvalue weighted by Gasteiger charge is -2.39. The van der Waals surface area contributed by atoms with E-state index in [2.05, 4.69) is 84.1 Å². The van der Waals surface area contributed by atoms with E-state index >= 15 is 0 Å². The lowest BCUT2D eigenvalue weighted by Crippen LogP contribution is -2.46. The highest BCUT2D eigenvalue weighted by molar-refractivity contribution is 5.36. The van der Waals surface area contributed by atoms with Crippen LogP contribution in [0.2, 0.25) is 0 Å². The first-order valence-electron chi connectivity index (χ1n) is 11.1. The second-order valence-electron chi connectivity index (χ2n) is 9.75. The quantitative estimate of drug-likeness (QED) is 0.362. The second-order valence-corrected chi connectivity index (χ2v) is 9.75. The highest BCUT2D eigenvalue weighted by atomic mass is 16.6. The molecule has 0 aromatic carbocycles. The molecular weight excluding hydrogens is 372 g/mol. The second kappa shape index (κ2) is 10.1. The van der Waals surface area contributed by atoms with E-state index in [-0.39, 0.29) is 29.3 Å². The molecule has 0 amide bonds. The maximum atomic E-state index is 10.2. The predicted octanol–water partition coefficient (Wildman–Crippen LogP) is 5.98. The van der Waals surface area contributed by atoms with Crippen molar-refractivity contribution in [3.05, 3.63) is 71.4 Å². The number of ether oxygens (including phenoxy) is 1. The van der Waals surface area contributed by atoms with Crippen LogP contribution in [-0.2, 0) is 4.74 Å². The number of allylic oxidation sites excluding steroid dienone is 11. The Morgan fingerprint density at radius 2 is 1.57 bits per heavy atom. The first-order chi connectivity index (χ1) is 14.1. The van der Waals surface area contributed by atoms with Gasteiger partial charge in [-0.1, -0.05) is 79.2 Å². The molecule has 2 aliphatic rings. The average molecular weight is 413 g/mol. The molecule has 3 atom stereocenters. The summed E-state index contributed by atoms with van der Waals surface area (Å²) >= 11 is 0. The van der Waals surface area contributed by atoms with Crippen LogP contribution >= 0.6 is 0 Å². The minimum atomic E-state index is -0.280. The van der Waals surface area contributed by atoms with E-state index in [0.717, 1.165) is 19.3 Å². The molecule has 3 unspecified atom stereocenters. The summed E-state index contributed by atoms with van der Waals surface area (Å²) in [6, 6.07) is 0. The van der Waals surface area contributed by atoms with Crippen molar-refractivity contribution >= 4 is 0 Å².